The zero-order valence-corrected chi connectivity index (χ0v) is 22.5. The first-order valence-electron chi connectivity index (χ1n) is 13.3. The molecule has 1 unspecified atom stereocenters. The van der Waals surface area contributed by atoms with Crippen LogP contribution in [-0.2, 0) is 19.6 Å². The van der Waals surface area contributed by atoms with Crippen LogP contribution in [0.3, 0.4) is 0 Å². The molecule has 1 aromatic heterocycles. The summed E-state index contributed by atoms with van der Waals surface area (Å²) < 4.78 is 1.91. The fourth-order valence-electron chi connectivity index (χ4n) is 5.29. The monoisotopic (exact) mass is 515 g/mol. The molecule has 2 aromatic carbocycles. The minimum absolute atomic E-state index is 0.127. The summed E-state index contributed by atoms with van der Waals surface area (Å²) in [4.78, 5) is 36.7. The summed E-state index contributed by atoms with van der Waals surface area (Å²) in [7, 11) is 4.28. The molecule has 38 heavy (non-hydrogen) atoms. The van der Waals surface area contributed by atoms with E-state index in [1.807, 2.05) is 41.8 Å². The van der Waals surface area contributed by atoms with Gasteiger partial charge in [0.1, 0.15) is 11.5 Å². The van der Waals surface area contributed by atoms with E-state index < -0.39 is 0 Å². The molecule has 2 N–H and O–H groups in total. The van der Waals surface area contributed by atoms with Crippen LogP contribution in [0.25, 0.3) is 0 Å². The summed E-state index contributed by atoms with van der Waals surface area (Å²) >= 11 is 0. The number of hydrogen-bond donors (Lipinski definition) is 2. The summed E-state index contributed by atoms with van der Waals surface area (Å²) in [5.41, 5.74) is 4.67. The van der Waals surface area contributed by atoms with Crippen molar-refractivity contribution < 1.29 is 9.59 Å². The van der Waals surface area contributed by atoms with Gasteiger partial charge in [0, 0.05) is 50.1 Å². The maximum absolute atomic E-state index is 13.1. The van der Waals surface area contributed by atoms with Crippen molar-refractivity contribution in [2.45, 2.75) is 45.4 Å². The van der Waals surface area contributed by atoms with Gasteiger partial charge < -0.3 is 29.9 Å². The van der Waals surface area contributed by atoms with E-state index in [-0.39, 0.29) is 11.9 Å². The quantitative estimate of drug-likeness (QED) is 0.523. The fourth-order valence-corrected chi connectivity index (χ4v) is 5.29. The highest BCUT2D eigenvalue weighted by Gasteiger charge is 2.26. The second-order valence-electron chi connectivity index (χ2n) is 10.5. The van der Waals surface area contributed by atoms with Crippen molar-refractivity contribution in [3.05, 3.63) is 77.4 Å². The van der Waals surface area contributed by atoms with Crippen molar-refractivity contribution in [2.24, 2.45) is 0 Å². The zero-order valence-electron chi connectivity index (χ0n) is 22.5. The van der Waals surface area contributed by atoms with Crippen molar-refractivity contribution in [3.63, 3.8) is 0 Å². The second-order valence-corrected chi connectivity index (χ2v) is 10.5. The van der Waals surface area contributed by atoms with Gasteiger partial charge in [0.25, 0.3) is 5.91 Å². The molecule has 9 nitrogen and oxygen atoms in total. The predicted molar refractivity (Wildman–Crippen MR) is 149 cm³/mol. The number of carbonyl (C=O) groups is 2. The Morgan fingerprint density at radius 3 is 2.66 bits per heavy atom. The number of rotatable bonds is 6. The van der Waals surface area contributed by atoms with Gasteiger partial charge in [-0.2, -0.15) is 0 Å². The van der Waals surface area contributed by atoms with E-state index in [0.717, 1.165) is 24.3 Å². The lowest BCUT2D eigenvalue weighted by atomic mass is 10.0. The number of aromatic nitrogens is 2. The van der Waals surface area contributed by atoms with Crippen LogP contribution < -0.4 is 15.5 Å². The SMILES string of the molecule is Cc1cccc(CNC(=O)N2CCn3c(C(=O)Nc4ccc(N5CCCC(N(C)C)C5)cc4)cnc3C2)c1. The molecule has 5 rings (SSSR count). The van der Waals surface area contributed by atoms with E-state index in [9.17, 15) is 9.59 Å². The number of carbonyl (C=O) groups excluding carboxylic acids is 2. The summed E-state index contributed by atoms with van der Waals surface area (Å²) in [6.07, 6.45) is 4.00. The maximum atomic E-state index is 13.1. The molecule has 3 amide bonds. The molecule has 0 bridgehead atoms. The summed E-state index contributed by atoms with van der Waals surface area (Å²) in [6, 6.07) is 16.6. The fraction of sp³-hybridized carbons (Fsp3) is 0.414. The average molecular weight is 516 g/mol. The average Bonchev–Trinajstić information content (AvgIpc) is 3.36. The molecule has 3 aromatic rings. The third-order valence-corrected chi connectivity index (χ3v) is 7.53. The molecule has 1 fully saturated rings. The first kappa shape index (κ1) is 25.8. The molecule has 1 saturated heterocycles. The van der Waals surface area contributed by atoms with Gasteiger partial charge in [-0.3, -0.25) is 4.79 Å². The summed E-state index contributed by atoms with van der Waals surface area (Å²) in [6.45, 7) is 5.99. The van der Waals surface area contributed by atoms with E-state index in [0.29, 0.717) is 43.7 Å². The van der Waals surface area contributed by atoms with Crippen LogP contribution in [0.15, 0.2) is 54.7 Å². The Bertz CT molecular complexity index is 1280. The zero-order chi connectivity index (χ0) is 26.6. The number of imidazole rings is 1. The number of anilines is 2. The van der Waals surface area contributed by atoms with Crippen LogP contribution in [0.4, 0.5) is 16.2 Å². The van der Waals surface area contributed by atoms with Gasteiger partial charge in [-0.15, -0.1) is 0 Å². The number of fused-ring (bicyclic) bond motifs is 1. The molecule has 9 heteroatoms. The minimum Gasteiger partial charge on any atom is -0.370 e. The van der Waals surface area contributed by atoms with E-state index >= 15 is 0 Å². The number of benzene rings is 2. The first-order valence-corrected chi connectivity index (χ1v) is 13.3. The van der Waals surface area contributed by atoms with Crippen molar-refractivity contribution in [1.82, 2.24) is 24.7 Å². The topological polar surface area (TPSA) is 85.7 Å². The van der Waals surface area contributed by atoms with Crippen molar-refractivity contribution >= 4 is 23.3 Å². The van der Waals surface area contributed by atoms with E-state index in [4.69, 9.17) is 0 Å². The van der Waals surface area contributed by atoms with Crippen molar-refractivity contribution in [3.8, 4) is 0 Å². The van der Waals surface area contributed by atoms with Gasteiger partial charge in [-0.05, 0) is 63.7 Å². The lowest BCUT2D eigenvalue weighted by Crippen LogP contribution is -2.45. The highest BCUT2D eigenvalue weighted by molar-refractivity contribution is 6.03. The van der Waals surface area contributed by atoms with E-state index in [1.165, 1.54) is 24.1 Å². The smallest absolute Gasteiger partial charge is 0.318 e. The van der Waals surface area contributed by atoms with Crippen LogP contribution in [0, 0.1) is 6.92 Å². The van der Waals surface area contributed by atoms with Crippen LogP contribution in [0.1, 0.15) is 40.3 Å². The molecule has 0 aliphatic carbocycles. The first-order chi connectivity index (χ1) is 18.4. The lowest BCUT2D eigenvalue weighted by molar-refractivity contribution is 0.101. The maximum Gasteiger partial charge on any atom is 0.318 e. The molecular weight excluding hydrogens is 478 g/mol. The van der Waals surface area contributed by atoms with Gasteiger partial charge in [0.15, 0.2) is 0 Å². The Morgan fingerprint density at radius 2 is 1.89 bits per heavy atom. The molecule has 0 spiro atoms. The van der Waals surface area contributed by atoms with E-state index in [1.54, 1.807) is 11.1 Å². The summed E-state index contributed by atoms with van der Waals surface area (Å²) in [5.74, 6) is 0.516. The Kier molecular flexibility index (Phi) is 7.64. The van der Waals surface area contributed by atoms with Crippen LogP contribution in [-0.4, -0.2) is 71.1 Å². The van der Waals surface area contributed by atoms with Crippen LogP contribution in [0.5, 0.6) is 0 Å². The van der Waals surface area contributed by atoms with Crippen LogP contribution >= 0.6 is 0 Å². The Morgan fingerprint density at radius 1 is 1.08 bits per heavy atom. The van der Waals surface area contributed by atoms with Gasteiger partial charge in [-0.1, -0.05) is 29.8 Å². The molecule has 0 saturated carbocycles. The molecule has 2 aliphatic rings. The third kappa shape index (κ3) is 5.83. The lowest BCUT2D eigenvalue weighted by Gasteiger charge is -2.37. The number of aryl methyl sites for hydroxylation is 1. The van der Waals surface area contributed by atoms with Gasteiger partial charge in [0.05, 0.1) is 12.7 Å². The normalized spacial score (nSPS) is 17.3. The highest BCUT2D eigenvalue weighted by atomic mass is 16.2. The minimum atomic E-state index is -0.195. The predicted octanol–water partition coefficient (Wildman–Crippen LogP) is 3.70. The standard InChI is InChI=1S/C29H37N7O2/c1-21-6-4-7-22(16-21)17-31-29(38)35-14-15-36-26(18-30-27(36)20-35)28(37)32-23-9-11-24(12-10-23)34-13-5-8-25(19-34)33(2)3/h4,6-7,9-12,16,18,25H,5,8,13-15,17,19-20H2,1-3H3,(H,31,38)(H,32,37). The van der Waals surface area contributed by atoms with Gasteiger partial charge in [-0.25, -0.2) is 9.78 Å². The summed E-state index contributed by atoms with van der Waals surface area (Å²) in [5, 5.41) is 6.00. The number of hydrogen-bond acceptors (Lipinski definition) is 5. The molecule has 3 heterocycles. The molecule has 2 aliphatic heterocycles. The Balaban J connectivity index is 1.16. The van der Waals surface area contributed by atoms with Crippen molar-refractivity contribution in [1.29, 1.82) is 0 Å². The molecule has 200 valence electrons. The molecular formula is C29H37N7O2. The van der Waals surface area contributed by atoms with Gasteiger partial charge >= 0.3 is 6.03 Å². The highest BCUT2D eigenvalue weighted by Crippen LogP contribution is 2.24. The number of piperidine rings is 1. The number of nitrogens with one attached hydrogen (secondary N) is 2. The van der Waals surface area contributed by atoms with Gasteiger partial charge in [0.2, 0.25) is 0 Å². The number of nitrogens with zero attached hydrogens (tertiary/aromatic N) is 5. The third-order valence-electron chi connectivity index (χ3n) is 7.53. The second kappa shape index (κ2) is 11.3. The molecule has 1 atom stereocenters. The Labute approximate surface area is 224 Å². The van der Waals surface area contributed by atoms with Crippen LogP contribution in [0.2, 0.25) is 0 Å². The number of amides is 3. The Hall–Kier alpha value is -3.85. The largest absolute Gasteiger partial charge is 0.370 e. The number of urea groups is 1. The van der Waals surface area contributed by atoms with E-state index in [2.05, 4.69) is 57.7 Å². The van der Waals surface area contributed by atoms with Crippen molar-refractivity contribution in [2.75, 3.05) is 43.9 Å². The number of likely N-dealkylation sites (N-methyl/N-ethyl adjacent to an activating group) is 1. The molecule has 0 radical (unpaired) electrons.